The van der Waals surface area contributed by atoms with Crippen LogP contribution in [0.15, 0.2) is 90.1 Å². The van der Waals surface area contributed by atoms with Gasteiger partial charge in [0.25, 0.3) is 0 Å². The SMILES string of the molecule is C#C.C/C=C\C=C/C[NH+]=C(SC)C1=C/C(=C\c2ccc3c(c2)C2CCCC2N3c2ccccc2)CC(CC)C1. The van der Waals surface area contributed by atoms with E-state index in [4.69, 9.17) is 0 Å². The van der Waals surface area contributed by atoms with Crippen molar-refractivity contribution in [2.75, 3.05) is 17.7 Å². The van der Waals surface area contributed by atoms with Gasteiger partial charge in [0.1, 0.15) is 0 Å². The van der Waals surface area contributed by atoms with Crippen molar-refractivity contribution < 1.29 is 4.99 Å². The van der Waals surface area contributed by atoms with Crippen LogP contribution in [0.2, 0.25) is 0 Å². The fourth-order valence-electron chi connectivity index (χ4n) is 6.44. The van der Waals surface area contributed by atoms with Gasteiger partial charge in [-0.2, -0.15) is 0 Å². The molecule has 0 bridgehead atoms. The van der Waals surface area contributed by atoms with Crippen LogP contribution in [0.5, 0.6) is 0 Å². The molecular weight excluding hydrogens is 492 g/mol. The number of benzene rings is 2. The van der Waals surface area contributed by atoms with E-state index in [1.165, 1.54) is 65.2 Å². The second-order valence-corrected chi connectivity index (χ2v) is 11.4. The Morgan fingerprint density at radius 1 is 1.08 bits per heavy atom. The molecule has 39 heavy (non-hydrogen) atoms. The number of allylic oxidation sites excluding steroid dienone is 5. The summed E-state index contributed by atoms with van der Waals surface area (Å²) in [6.45, 7) is 5.25. The van der Waals surface area contributed by atoms with Crippen molar-refractivity contribution in [3.63, 3.8) is 0 Å². The number of nitrogens with zero attached hydrogens (tertiary/aromatic N) is 1. The van der Waals surface area contributed by atoms with E-state index in [1.807, 2.05) is 11.8 Å². The first-order valence-corrected chi connectivity index (χ1v) is 15.6. The predicted octanol–water partition coefficient (Wildman–Crippen LogP) is 7.83. The highest BCUT2D eigenvalue weighted by atomic mass is 32.2. The van der Waals surface area contributed by atoms with Crippen LogP contribution in [0.4, 0.5) is 11.4 Å². The topological polar surface area (TPSA) is 17.2 Å². The number of thioether (sulfide) groups is 1. The summed E-state index contributed by atoms with van der Waals surface area (Å²) in [6, 6.07) is 18.8. The van der Waals surface area contributed by atoms with E-state index in [9.17, 15) is 0 Å². The molecule has 0 aromatic heterocycles. The maximum atomic E-state index is 4.00. The molecular formula is C36H43N2S+. The monoisotopic (exact) mass is 535 g/mol. The van der Waals surface area contributed by atoms with Crippen LogP contribution < -0.4 is 9.89 Å². The molecule has 3 atom stereocenters. The highest BCUT2D eigenvalue weighted by Crippen LogP contribution is 2.52. The molecule has 1 saturated carbocycles. The van der Waals surface area contributed by atoms with Gasteiger partial charge in [-0.15, -0.1) is 12.8 Å². The summed E-state index contributed by atoms with van der Waals surface area (Å²) in [5.74, 6) is 1.36. The molecule has 2 aromatic carbocycles. The highest BCUT2D eigenvalue weighted by molar-refractivity contribution is 8.13. The number of nitrogens with one attached hydrogen (secondary N) is 1. The van der Waals surface area contributed by atoms with Gasteiger partial charge < -0.3 is 4.90 Å². The molecule has 0 saturated heterocycles. The molecule has 3 unspecified atom stereocenters. The fourth-order valence-corrected chi connectivity index (χ4v) is 7.07. The van der Waals surface area contributed by atoms with Gasteiger partial charge in [0.15, 0.2) is 6.54 Å². The zero-order valence-electron chi connectivity index (χ0n) is 23.8. The van der Waals surface area contributed by atoms with Crippen LogP contribution in [0.1, 0.15) is 69.4 Å². The van der Waals surface area contributed by atoms with Gasteiger partial charge in [0.2, 0.25) is 5.04 Å². The second-order valence-electron chi connectivity index (χ2n) is 10.6. The molecule has 1 heterocycles. The lowest BCUT2D eigenvalue weighted by molar-refractivity contribution is -0.440. The lowest BCUT2D eigenvalue weighted by Crippen LogP contribution is -2.72. The van der Waals surface area contributed by atoms with Gasteiger partial charge in [-0.3, -0.25) is 0 Å². The molecule has 1 fully saturated rings. The average molecular weight is 536 g/mol. The Bertz CT molecular complexity index is 1280. The van der Waals surface area contributed by atoms with Crippen molar-refractivity contribution in [3.05, 3.63) is 101 Å². The van der Waals surface area contributed by atoms with Crippen LogP contribution in [-0.2, 0) is 0 Å². The lowest BCUT2D eigenvalue weighted by Gasteiger charge is -2.27. The first-order valence-electron chi connectivity index (χ1n) is 14.4. The van der Waals surface area contributed by atoms with Crippen LogP contribution in [0.3, 0.4) is 0 Å². The molecule has 2 aromatic rings. The summed E-state index contributed by atoms with van der Waals surface area (Å²) in [4.78, 5) is 6.28. The summed E-state index contributed by atoms with van der Waals surface area (Å²) in [5.41, 5.74) is 8.59. The minimum atomic E-state index is 0.609. The number of rotatable bonds is 7. The van der Waals surface area contributed by atoms with Crippen molar-refractivity contribution in [1.82, 2.24) is 0 Å². The number of terminal acetylenes is 1. The van der Waals surface area contributed by atoms with Crippen LogP contribution in [0, 0.1) is 18.8 Å². The molecule has 0 radical (unpaired) electrons. The minimum absolute atomic E-state index is 0.609. The van der Waals surface area contributed by atoms with Gasteiger partial charge in [-0.1, -0.05) is 80.1 Å². The Morgan fingerprint density at radius 2 is 1.90 bits per heavy atom. The van der Waals surface area contributed by atoms with E-state index in [-0.39, 0.29) is 0 Å². The summed E-state index contributed by atoms with van der Waals surface area (Å²) < 4.78 is 0. The summed E-state index contributed by atoms with van der Waals surface area (Å²) >= 11 is 1.84. The van der Waals surface area contributed by atoms with Crippen molar-refractivity contribution >= 4 is 34.3 Å². The van der Waals surface area contributed by atoms with Gasteiger partial charge in [-0.25, -0.2) is 4.99 Å². The molecule has 0 spiro atoms. The largest absolute Gasteiger partial charge is 0.338 e. The van der Waals surface area contributed by atoms with E-state index < -0.39 is 0 Å². The van der Waals surface area contributed by atoms with Crippen molar-refractivity contribution in [2.45, 2.75) is 64.3 Å². The molecule has 3 aliphatic rings. The Kier molecular flexibility index (Phi) is 10.5. The third kappa shape index (κ3) is 6.68. The van der Waals surface area contributed by atoms with Crippen molar-refractivity contribution in [2.24, 2.45) is 5.92 Å². The van der Waals surface area contributed by atoms with Gasteiger partial charge in [-0.05, 0) is 97.9 Å². The smallest absolute Gasteiger partial charge is 0.236 e. The number of para-hydroxylation sites is 1. The standard InChI is InChI=1S/C34H40N2S.C2H2/c1-4-6-7-11-19-35-34(37-3)28-22-25(5-2)20-27(23-28)21-26-17-18-33-31(24-26)30-15-12-16-32(30)36(33)29-13-9-8-10-14-29;1-2/h4,6-11,13-14,17-18,21,23-25,30,32H,5,12,15-16,19-20,22H2,1-3H3;1-2H/p+1/b6-4-,11-7-,27-21-,35-34?;. The summed E-state index contributed by atoms with van der Waals surface area (Å²) in [7, 11) is 0. The van der Waals surface area contributed by atoms with E-state index >= 15 is 0 Å². The van der Waals surface area contributed by atoms with E-state index in [1.54, 1.807) is 5.56 Å². The molecule has 2 nitrogen and oxygen atoms in total. The Labute approximate surface area is 240 Å². The third-order valence-corrected chi connectivity index (χ3v) is 9.01. The van der Waals surface area contributed by atoms with Gasteiger partial charge in [0.05, 0.1) is 0 Å². The van der Waals surface area contributed by atoms with Gasteiger partial charge >= 0.3 is 0 Å². The van der Waals surface area contributed by atoms with Crippen molar-refractivity contribution in [3.8, 4) is 12.8 Å². The molecule has 5 rings (SSSR count). The van der Waals surface area contributed by atoms with Crippen molar-refractivity contribution in [1.29, 1.82) is 0 Å². The number of hydrogen-bond acceptors (Lipinski definition) is 2. The summed E-state index contributed by atoms with van der Waals surface area (Å²) in [5, 5.41) is 1.32. The average Bonchev–Trinajstić information content (AvgIpc) is 3.57. The maximum absolute atomic E-state index is 4.00. The zero-order valence-corrected chi connectivity index (χ0v) is 24.6. The molecule has 3 heteroatoms. The van der Waals surface area contributed by atoms with E-state index in [0.29, 0.717) is 17.9 Å². The van der Waals surface area contributed by atoms with Crippen LogP contribution in [0.25, 0.3) is 6.08 Å². The highest BCUT2D eigenvalue weighted by Gasteiger charge is 2.42. The zero-order chi connectivity index (χ0) is 27.6. The first-order chi connectivity index (χ1) is 19.2. The Balaban J connectivity index is 0.00000172. The van der Waals surface area contributed by atoms with Crippen LogP contribution in [-0.4, -0.2) is 23.9 Å². The lowest BCUT2D eigenvalue weighted by atomic mass is 9.83. The quantitative estimate of drug-likeness (QED) is 0.168. The van der Waals surface area contributed by atoms with Gasteiger partial charge in [0, 0.05) is 28.9 Å². The molecule has 1 N–H and O–H groups in total. The molecule has 2 aliphatic carbocycles. The van der Waals surface area contributed by atoms with E-state index in [2.05, 4.69) is 128 Å². The predicted molar refractivity (Wildman–Crippen MR) is 173 cm³/mol. The Hall–Kier alpha value is -3.22. The second kappa shape index (κ2) is 14.2. The molecule has 1 aliphatic heterocycles. The number of hydrogen-bond donors (Lipinski definition) is 1. The minimum Gasteiger partial charge on any atom is -0.338 e. The molecule has 0 amide bonds. The first kappa shape index (κ1) is 28.8. The normalized spacial score (nSPS) is 23.6. The van der Waals surface area contributed by atoms with E-state index in [0.717, 1.165) is 13.0 Å². The summed E-state index contributed by atoms with van der Waals surface area (Å²) in [6.07, 6.45) is 31.0. The number of anilines is 2. The Morgan fingerprint density at radius 3 is 2.64 bits per heavy atom. The maximum Gasteiger partial charge on any atom is 0.236 e. The van der Waals surface area contributed by atoms with Crippen LogP contribution >= 0.6 is 11.8 Å². The third-order valence-electron chi connectivity index (χ3n) is 8.19. The number of fused-ring (bicyclic) bond motifs is 3. The fraction of sp³-hybridized carbons (Fsp3) is 0.361. The molecule has 202 valence electrons.